The maximum atomic E-state index is 14.1. The zero-order chi connectivity index (χ0) is 24.7. The predicted molar refractivity (Wildman–Crippen MR) is 123 cm³/mol. The summed E-state index contributed by atoms with van der Waals surface area (Å²) in [7, 11) is 0. The quantitative estimate of drug-likeness (QED) is 0.393. The standard InChI is InChI=1S/C25H40N2O6/c1-8-13-26(15(4)5)22(30)20-25-12-11-24(7,33-25)19(23(31)32-10-3)18(25)21(29)27(20)17(14-28)16(6)9-2/h8,15-20,28H,1,9-14H2,2-7H3/t16-,17-,18-,19-,20?,24+,25?/m0/s1. The molecule has 0 aromatic heterocycles. The summed E-state index contributed by atoms with van der Waals surface area (Å²) in [6.45, 7) is 15.5. The van der Waals surface area contributed by atoms with Crippen LogP contribution in [0.2, 0.25) is 0 Å². The maximum Gasteiger partial charge on any atom is 0.312 e. The highest BCUT2D eigenvalue weighted by atomic mass is 16.6. The van der Waals surface area contributed by atoms with Crippen molar-refractivity contribution in [1.82, 2.24) is 9.80 Å². The van der Waals surface area contributed by atoms with E-state index in [-0.39, 0.29) is 37.0 Å². The van der Waals surface area contributed by atoms with E-state index < -0.39 is 41.1 Å². The molecule has 2 amide bonds. The summed E-state index contributed by atoms with van der Waals surface area (Å²) in [5.41, 5.74) is -1.97. The summed E-state index contributed by atoms with van der Waals surface area (Å²) in [6.07, 6.45) is 3.46. The average molecular weight is 465 g/mol. The number of rotatable bonds is 10. The molecule has 2 bridgehead atoms. The van der Waals surface area contributed by atoms with Crippen LogP contribution in [0.25, 0.3) is 0 Å². The summed E-state index contributed by atoms with van der Waals surface area (Å²) in [4.78, 5) is 44.5. The summed E-state index contributed by atoms with van der Waals surface area (Å²) in [5.74, 6) is -2.59. The predicted octanol–water partition coefficient (Wildman–Crippen LogP) is 2.14. The number of hydrogen-bond acceptors (Lipinski definition) is 6. The normalized spacial score (nSPS) is 34.4. The molecule has 7 atom stereocenters. The fourth-order valence-corrected chi connectivity index (χ4v) is 6.26. The fraction of sp³-hybridized carbons (Fsp3) is 0.800. The molecule has 3 aliphatic heterocycles. The molecule has 1 spiro atoms. The first-order valence-electron chi connectivity index (χ1n) is 12.3. The third-order valence-corrected chi connectivity index (χ3v) is 8.07. The molecule has 0 aromatic rings. The number of carbonyl (C=O) groups is 3. The van der Waals surface area contributed by atoms with Gasteiger partial charge in [-0.25, -0.2) is 0 Å². The number of nitrogens with zero attached hydrogens (tertiary/aromatic N) is 2. The van der Waals surface area contributed by atoms with Crippen LogP contribution in [0.3, 0.4) is 0 Å². The van der Waals surface area contributed by atoms with E-state index in [1.54, 1.807) is 22.8 Å². The minimum atomic E-state index is -1.12. The van der Waals surface area contributed by atoms with Gasteiger partial charge in [-0.1, -0.05) is 26.3 Å². The molecule has 0 saturated carbocycles. The molecule has 0 aromatic carbocycles. The first-order chi connectivity index (χ1) is 15.5. The molecule has 3 saturated heterocycles. The van der Waals surface area contributed by atoms with Crippen LogP contribution in [0.5, 0.6) is 0 Å². The topological polar surface area (TPSA) is 96.4 Å². The van der Waals surface area contributed by atoms with Gasteiger partial charge in [0.2, 0.25) is 11.8 Å². The number of amides is 2. The van der Waals surface area contributed by atoms with Crippen LogP contribution in [0.1, 0.15) is 60.8 Å². The van der Waals surface area contributed by atoms with Gasteiger partial charge in [0.15, 0.2) is 0 Å². The number of ether oxygens (including phenoxy) is 2. The minimum absolute atomic E-state index is 0.0368. The van der Waals surface area contributed by atoms with E-state index in [1.165, 1.54) is 0 Å². The van der Waals surface area contributed by atoms with Crippen molar-refractivity contribution in [3.05, 3.63) is 12.7 Å². The van der Waals surface area contributed by atoms with Gasteiger partial charge in [-0.15, -0.1) is 6.58 Å². The molecule has 3 aliphatic rings. The average Bonchev–Trinajstić information content (AvgIpc) is 3.33. The second-order valence-corrected chi connectivity index (χ2v) is 10.2. The lowest BCUT2D eigenvalue weighted by Gasteiger charge is -2.42. The molecule has 3 heterocycles. The van der Waals surface area contributed by atoms with Crippen molar-refractivity contribution in [2.24, 2.45) is 17.8 Å². The van der Waals surface area contributed by atoms with E-state index in [4.69, 9.17) is 9.47 Å². The van der Waals surface area contributed by atoms with Gasteiger partial charge in [-0.05, 0) is 46.5 Å². The number of carbonyl (C=O) groups excluding carboxylic acids is 3. The number of aliphatic hydroxyl groups excluding tert-OH is 1. The molecule has 8 heteroatoms. The van der Waals surface area contributed by atoms with Crippen molar-refractivity contribution in [3.63, 3.8) is 0 Å². The van der Waals surface area contributed by atoms with Gasteiger partial charge in [-0.2, -0.15) is 0 Å². The van der Waals surface area contributed by atoms with Crippen LogP contribution < -0.4 is 0 Å². The molecule has 0 radical (unpaired) electrons. The van der Waals surface area contributed by atoms with Crippen molar-refractivity contribution >= 4 is 17.8 Å². The first kappa shape index (κ1) is 25.7. The summed E-state index contributed by atoms with van der Waals surface area (Å²) in [6, 6.07) is -1.58. The van der Waals surface area contributed by atoms with Gasteiger partial charge in [-0.3, -0.25) is 14.4 Å². The molecule has 1 N–H and O–H groups in total. The van der Waals surface area contributed by atoms with Crippen LogP contribution >= 0.6 is 0 Å². The van der Waals surface area contributed by atoms with Crippen LogP contribution in [0.15, 0.2) is 12.7 Å². The van der Waals surface area contributed by atoms with Gasteiger partial charge in [0, 0.05) is 12.6 Å². The number of fused-ring (bicyclic) bond motifs is 1. The summed E-state index contributed by atoms with van der Waals surface area (Å²) >= 11 is 0. The van der Waals surface area contributed by atoms with Crippen molar-refractivity contribution in [3.8, 4) is 0 Å². The number of likely N-dealkylation sites (tertiary alicyclic amines) is 1. The minimum Gasteiger partial charge on any atom is -0.466 e. The Kier molecular flexibility index (Phi) is 7.30. The number of aliphatic hydroxyl groups is 1. The lowest BCUT2D eigenvalue weighted by Crippen LogP contribution is -2.60. The Morgan fingerprint density at radius 1 is 1.33 bits per heavy atom. The van der Waals surface area contributed by atoms with E-state index in [9.17, 15) is 19.5 Å². The van der Waals surface area contributed by atoms with Crippen LogP contribution in [-0.2, 0) is 23.9 Å². The lowest BCUT2D eigenvalue weighted by atomic mass is 9.66. The first-order valence-corrected chi connectivity index (χ1v) is 12.3. The summed E-state index contributed by atoms with van der Waals surface area (Å²) < 4.78 is 11.9. The Morgan fingerprint density at radius 2 is 2.00 bits per heavy atom. The van der Waals surface area contributed by atoms with Crippen molar-refractivity contribution in [1.29, 1.82) is 0 Å². The lowest BCUT2D eigenvalue weighted by molar-refractivity contribution is -0.162. The summed E-state index contributed by atoms with van der Waals surface area (Å²) in [5, 5.41) is 10.3. The maximum absolute atomic E-state index is 14.1. The highest BCUT2D eigenvalue weighted by Gasteiger charge is 2.79. The Hall–Kier alpha value is -1.93. The van der Waals surface area contributed by atoms with E-state index in [1.807, 2.05) is 34.6 Å². The van der Waals surface area contributed by atoms with Gasteiger partial charge in [0.25, 0.3) is 0 Å². The highest BCUT2D eigenvalue weighted by Crippen LogP contribution is 2.64. The van der Waals surface area contributed by atoms with E-state index in [2.05, 4.69) is 6.58 Å². The second-order valence-electron chi connectivity index (χ2n) is 10.2. The molecule has 186 valence electrons. The van der Waals surface area contributed by atoms with Gasteiger partial charge in [0.1, 0.15) is 17.6 Å². The molecule has 8 nitrogen and oxygen atoms in total. The molecule has 3 fully saturated rings. The van der Waals surface area contributed by atoms with Gasteiger partial charge in [0.05, 0.1) is 30.8 Å². The Balaban J connectivity index is 2.17. The third kappa shape index (κ3) is 3.79. The van der Waals surface area contributed by atoms with E-state index in [0.717, 1.165) is 6.42 Å². The zero-order valence-electron chi connectivity index (χ0n) is 20.9. The van der Waals surface area contributed by atoms with E-state index >= 15 is 0 Å². The van der Waals surface area contributed by atoms with E-state index in [0.29, 0.717) is 19.4 Å². The molecule has 2 unspecified atom stereocenters. The van der Waals surface area contributed by atoms with Crippen molar-refractivity contribution in [2.45, 2.75) is 90.1 Å². The van der Waals surface area contributed by atoms with Crippen LogP contribution in [0, 0.1) is 17.8 Å². The Morgan fingerprint density at radius 3 is 2.52 bits per heavy atom. The smallest absolute Gasteiger partial charge is 0.312 e. The van der Waals surface area contributed by atoms with Gasteiger partial charge >= 0.3 is 5.97 Å². The monoisotopic (exact) mass is 464 g/mol. The number of esters is 1. The number of hydrogen-bond donors (Lipinski definition) is 1. The highest BCUT2D eigenvalue weighted by molar-refractivity contribution is 5.98. The molecular weight excluding hydrogens is 424 g/mol. The SMILES string of the molecule is C=CCN(C(=O)C1N([C@@H](CO)[C@@H](C)CC)C(=O)[C@@H]2[C@@H](C(=O)OCC)[C@@]3(C)CCC12O3)C(C)C. The fourth-order valence-electron chi connectivity index (χ4n) is 6.26. The second kappa shape index (κ2) is 9.37. The third-order valence-electron chi connectivity index (χ3n) is 8.07. The van der Waals surface area contributed by atoms with Crippen LogP contribution in [-0.4, -0.2) is 81.8 Å². The molecule has 0 aliphatic carbocycles. The Bertz CT molecular complexity index is 800. The molecular formula is C25H40N2O6. The molecule has 3 rings (SSSR count). The van der Waals surface area contributed by atoms with Gasteiger partial charge < -0.3 is 24.4 Å². The van der Waals surface area contributed by atoms with Crippen LogP contribution in [0.4, 0.5) is 0 Å². The van der Waals surface area contributed by atoms with Crippen molar-refractivity contribution in [2.75, 3.05) is 19.8 Å². The molecule has 33 heavy (non-hydrogen) atoms. The van der Waals surface area contributed by atoms with Crippen molar-refractivity contribution < 1.29 is 29.0 Å². The zero-order valence-corrected chi connectivity index (χ0v) is 20.9. The Labute approximate surface area is 197 Å². The largest absolute Gasteiger partial charge is 0.466 e.